The van der Waals surface area contributed by atoms with Crippen molar-refractivity contribution in [3.05, 3.63) is 23.7 Å². The number of fused-ring (bicyclic) bond motifs is 1. The second-order valence-corrected chi connectivity index (χ2v) is 7.46. The molecule has 0 spiro atoms. The number of nitrogens with one attached hydrogen (secondary N) is 1. The van der Waals surface area contributed by atoms with Gasteiger partial charge in [-0.25, -0.2) is 0 Å². The molecular formula is C14H24N3OP. The maximum atomic E-state index is 5.72. The van der Waals surface area contributed by atoms with Gasteiger partial charge in [-0.1, -0.05) is 13.5 Å². The summed E-state index contributed by atoms with van der Waals surface area (Å²) in [5.74, 6) is 0.773. The van der Waals surface area contributed by atoms with E-state index in [1.54, 1.807) is 0 Å². The lowest BCUT2D eigenvalue weighted by molar-refractivity contribution is 0.306. The van der Waals surface area contributed by atoms with Crippen LogP contribution in [0.3, 0.4) is 0 Å². The summed E-state index contributed by atoms with van der Waals surface area (Å²) in [7, 11) is -0.245. The SMILES string of the molecule is C=C(C)P(CC)NCCOc1cc2n(n1)CCCC2. The Labute approximate surface area is 117 Å². The summed E-state index contributed by atoms with van der Waals surface area (Å²) in [4.78, 5) is 0. The van der Waals surface area contributed by atoms with Crippen LogP contribution in [0.5, 0.6) is 5.88 Å². The third-order valence-electron chi connectivity index (χ3n) is 3.33. The van der Waals surface area contributed by atoms with Gasteiger partial charge in [0.05, 0.1) is 0 Å². The largest absolute Gasteiger partial charge is 0.475 e. The Bertz CT molecular complexity index is 407. The number of aryl methyl sites for hydroxylation is 2. The van der Waals surface area contributed by atoms with Gasteiger partial charge in [-0.15, -0.1) is 5.10 Å². The molecule has 0 radical (unpaired) electrons. The highest BCUT2D eigenvalue weighted by Crippen LogP contribution is 2.37. The number of hydrogen-bond acceptors (Lipinski definition) is 3. The van der Waals surface area contributed by atoms with Gasteiger partial charge in [0.15, 0.2) is 0 Å². The molecule has 0 fully saturated rings. The highest BCUT2D eigenvalue weighted by atomic mass is 31.1. The van der Waals surface area contributed by atoms with Crippen molar-refractivity contribution in [2.24, 2.45) is 0 Å². The summed E-state index contributed by atoms with van der Waals surface area (Å²) in [6.45, 7) is 10.9. The normalized spacial score (nSPS) is 15.9. The van der Waals surface area contributed by atoms with Crippen LogP contribution in [0.4, 0.5) is 0 Å². The van der Waals surface area contributed by atoms with E-state index in [0.29, 0.717) is 6.61 Å². The third kappa shape index (κ3) is 4.05. The minimum absolute atomic E-state index is 0.245. The van der Waals surface area contributed by atoms with Crippen molar-refractivity contribution in [1.29, 1.82) is 0 Å². The molecule has 19 heavy (non-hydrogen) atoms. The molecule has 2 rings (SSSR count). The zero-order valence-corrected chi connectivity index (χ0v) is 12.9. The molecule has 2 heterocycles. The fourth-order valence-electron chi connectivity index (χ4n) is 2.32. The molecule has 106 valence electrons. The van der Waals surface area contributed by atoms with Crippen LogP contribution in [-0.4, -0.2) is 29.1 Å². The van der Waals surface area contributed by atoms with Gasteiger partial charge >= 0.3 is 0 Å². The number of nitrogens with zero attached hydrogens (tertiary/aromatic N) is 2. The monoisotopic (exact) mass is 281 g/mol. The first-order chi connectivity index (χ1) is 9.20. The molecule has 1 atom stereocenters. The molecule has 4 nitrogen and oxygen atoms in total. The maximum absolute atomic E-state index is 5.72. The smallest absolute Gasteiger partial charge is 0.233 e. The molecule has 1 unspecified atom stereocenters. The number of rotatable bonds is 7. The number of allylic oxidation sites excluding steroid dienone is 1. The molecule has 0 saturated carbocycles. The predicted molar refractivity (Wildman–Crippen MR) is 80.9 cm³/mol. The van der Waals surface area contributed by atoms with Crippen molar-refractivity contribution >= 4 is 8.07 Å². The van der Waals surface area contributed by atoms with Gasteiger partial charge in [0.25, 0.3) is 0 Å². The summed E-state index contributed by atoms with van der Waals surface area (Å²) in [5.41, 5.74) is 1.31. The Hall–Kier alpha value is -0.860. The quantitative estimate of drug-likeness (QED) is 0.616. The first-order valence-corrected chi connectivity index (χ1v) is 8.59. The van der Waals surface area contributed by atoms with Gasteiger partial charge in [0.2, 0.25) is 5.88 Å². The van der Waals surface area contributed by atoms with E-state index < -0.39 is 0 Å². The fourth-order valence-corrected chi connectivity index (χ4v) is 3.71. The van der Waals surface area contributed by atoms with Crippen LogP contribution in [0.15, 0.2) is 18.0 Å². The first kappa shape index (κ1) is 14.5. The second kappa shape index (κ2) is 7.06. The Morgan fingerprint density at radius 3 is 3.11 bits per heavy atom. The molecule has 0 amide bonds. The Morgan fingerprint density at radius 1 is 1.58 bits per heavy atom. The minimum atomic E-state index is -0.245. The van der Waals surface area contributed by atoms with Crippen LogP contribution in [0.2, 0.25) is 0 Å². The van der Waals surface area contributed by atoms with Crippen LogP contribution in [0.25, 0.3) is 0 Å². The predicted octanol–water partition coefficient (Wildman–Crippen LogP) is 3.14. The molecule has 1 N–H and O–H groups in total. The van der Waals surface area contributed by atoms with E-state index in [1.165, 1.54) is 23.8 Å². The second-order valence-electron chi connectivity index (χ2n) is 4.89. The van der Waals surface area contributed by atoms with Gasteiger partial charge < -0.3 is 4.74 Å². The van der Waals surface area contributed by atoms with Crippen molar-refractivity contribution in [3.63, 3.8) is 0 Å². The molecule has 1 aliphatic rings. The van der Waals surface area contributed by atoms with Crippen molar-refractivity contribution in [1.82, 2.24) is 14.9 Å². The standard InChI is InChI=1S/C14H24N3OP/c1-4-19(12(2)3)15-8-10-18-14-11-13-7-5-6-9-17(13)16-14/h11,15H,2,4-10H2,1,3H3. The van der Waals surface area contributed by atoms with Crippen LogP contribution in [-0.2, 0) is 13.0 Å². The molecule has 0 aliphatic carbocycles. The van der Waals surface area contributed by atoms with E-state index in [4.69, 9.17) is 4.74 Å². The Kier molecular flexibility index (Phi) is 5.41. The number of ether oxygens (including phenoxy) is 1. The molecule has 0 saturated heterocycles. The van der Waals surface area contributed by atoms with E-state index in [0.717, 1.165) is 31.6 Å². The van der Waals surface area contributed by atoms with Crippen LogP contribution >= 0.6 is 8.07 Å². The van der Waals surface area contributed by atoms with Gasteiger partial charge in [0.1, 0.15) is 6.61 Å². The average molecular weight is 281 g/mol. The number of hydrogen-bond donors (Lipinski definition) is 1. The van der Waals surface area contributed by atoms with Crippen LogP contribution in [0.1, 0.15) is 32.4 Å². The van der Waals surface area contributed by atoms with Crippen LogP contribution in [0, 0.1) is 0 Å². The summed E-state index contributed by atoms with van der Waals surface area (Å²) < 4.78 is 7.80. The summed E-state index contributed by atoms with van der Waals surface area (Å²) in [6.07, 6.45) is 4.76. The lowest BCUT2D eigenvalue weighted by Crippen LogP contribution is -2.17. The highest BCUT2D eigenvalue weighted by Gasteiger charge is 2.12. The van der Waals surface area contributed by atoms with Gasteiger partial charge in [-0.05, 0) is 45.7 Å². The van der Waals surface area contributed by atoms with E-state index in [-0.39, 0.29) is 8.07 Å². The van der Waals surface area contributed by atoms with Crippen molar-refractivity contribution in [3.8, 4) is 5.88 Å². The molecule has 0 bridgehead atoms. The Balaban J connectivity index is 1.73. The highest BCUT2D eigenvalue weighted by molar-refractivity contribution is 7.59. The zero-order chi connectivity index (χ0) is 13.7. The molecule has 5 heteroatoms. The fraction of sp³-hybridized carbons (Fsp3) is 0.643. The van der Waals surface area contributed by atoms with Gasteiger partial charge in [0, 0.05) is 24.8 Å². The van der Waals surface area contributed by atoms with Crippen LogP contribution < -0.4 is 9.82 Å². The maximum Gasteiger partial charge on any atom is 0.233 e. The van der Waals surface area contributed by atoms with E-state index in [9.17, 15) is 0 Å². The minimum Gasteiger partial charge on any atom is -0.475 e. The molecule has 1 aromatic heterocycles. The average Bonchev–Trinajstić information content (AvgIpc) is 2.81. The van der Waals surface area contributed by atoms with Crippen molar-refractivity contribution in [2.75, 3.05) is 19.3 Å². The first-order valence-electron chi connectivity index (χ1n) is 7.06. The summed E-state index contributed by atoms with van der Waals surface area (Å²) in [6, 6.07) is 2.08. The third-order valence-corrected chi connectivity index (χ3v) is 5.48. The molecule has 1 aliphatic heterocycles. The van der Waals surface area contributed by atoms with E-state index in [2.05, 4.69) is 41.4 Å². The van der Waals surface area contributed by atoms with Crippen molar-refractivity contribution in [2.45, 2.75) is 39.7 Å². The number of aromatic nitrogens is 2. The van der Waals surface area contributed by atoms with Gasteiger partial charge in [-0.3, -0.25) is 9.77 Å². The lowest BCUT2D eigenvalue weighted by Gasteiger charge is -2.16. The van der Waals surface area contributed by atoms with E-state index in [1.807, 2.05) is 0 Å². The van der Waals surface area contributed by atoms with Crippen molar-refractivity contribution < 1.29 is 4.74 Å². The summed E-state index contributed by atoms with van der Waals surface area (Å²) in [5, 5.41) is 9.23. The molecule has 0 aromatic carbocycles. The topological polar surface area (TPSA) is 39.1 Å². The van der Waals surface area contributed by atoms with Gasteiger partial charge in [-0.2, -0.15) is 0 Å². The zero-order valence-electron chi connectivity index (χ0n) is 12.0. The lowest BCUT2D eigenvalue weighted by atomic mass is 10.1. The van der Waals surface area contributed by atoms with E-state index >= 15 is 0 Å². The summed E-state index contributed by atoms with van der Waals surface area (Å²) >= 11 is 0. The molecule has 1 aromatic rings. The Morgan fingerprint density at radius 2 is 2.42 bits per heavy atom. The molecular weight excluding hydrogens is 257 g/mol.